The predicted octanol–water partition coefficient (Wildman–Crippen LogP) is 2.94. The Kier molecular flexibility index (Phi) is 3.59. The molecule has 0 bridgehead atoms. The van der Waals surface area contributed by atoms with Crippen molar-refractivity contribution in [2.45, 2.75) is 18.9 Å². The zero-order chi connectivity index (χ0) is 18.4. The van der Waals surface area contributed by atoms with Crippen molar-refractivity contribution in [2.24, 2.45) is 0 Å². The van der Waals surface area contributed by atoms with Crippen LogP contribution < -0.4 is 4.90 Å². The first-order chi connectivity index (χ1) is 13.2. The Morgan fingerprint density at radius 3 is 2.78 bits per heavy atom. The topological polar surface area (TPSA) is 75.0 Å². The molecular formula is C18H15F2N7. The number of rotatable bonds is 3. The molecule has 0 amide bonds. The van der Waals surface area contributed by atoms with Crippen molar-refractivity contribution in [3.05, 3.63) is 71.8 Å². The van der Waals surface area contributed by atoms with E-state index in [0.717, 1.165) is 17.8 Å². The molecule has 1 unspecified atom stereocenters. The van der Waals surface area contributed by atoms with Gasteiger partial charge in [0.15, 0.2) is 0 Å². The molecule has 136 valence electrons. The van der Waals surface area contributed by atoms with E-state index in [-0.39, 0.29) is 11.7 Å². The van der Waals surface area contributed by atoms with Gasteiger partial charge in [-0.25, -0.2) is 28.2 Å². The van der Waals surface area contributed by atoms with Gasteiger partial charge in [-0.2, -0.15) is 5.10 Å². The Balaban J connectivity index is 1.68. The van der Waals surface area contributed by atoms with Crippen LogP contribution in [0.1, 0.15) is 35.2 Å². The second kappa shape index (κ2) is 6.11. The van der Waals surface area contributed by atoms with Crippen molar-refractivity contribution in [1.29, 1.82) is 0 Å². The van der Waals surface area contributed by atoms with Crippen molar-refractivity contribution in [1.82, 2.24) is 29.5 Å². The smallest absolute Gasteiger partial charge is 0.280 e. The largest absolute Gasteiger partial charge is 0.348 e. The minimum atomic E-state index is -2.61. The molecule has 5 rings (SSSR count). The number of imidazole rings is 1. The maximum absolute atomic E-state index is 13.4. The summed E-state index contributed by atoms with van der Waals surface area (Å²) in [6.45, 7) is 0.666. The number of aromatic amines is 1. The summed E-state index contributed by atoms with van der Waals surface area (Å²) in [6, 6.07) is 7.97. The Morgan fingerprint density at radius 1 is 1.11 bits per heavy atom. The number of pyridine rings is 1. The number of alkyl halides is 2. The molecule has 0 saturated heterocycles. The third-order valence-electron chi connectivity index (χ3n) is 4.77. The molecule has 9 heteroatoms. The average molecular weight is 367 g/mol. The molecule has 7 nitrogen and oxygen atoms in total. The van der Waals surface area contributed by atoms with E-state index in [1.165, 1.54) is 10.6 Å². The average Bonchev–Trinajstić information content (AvgIpc) is 3.34. The highest BCUT2D eigenvalue weighted by Crippen LogP contribution is 2.35. The number of hydrogen-bond donors (Lipinski definition) is 1. The fourth-order valence-electron chi connectivity index (χ4n) is 3.59. The van der Waals surface area contributed by atoms with E-state index >= 15 is 0 Å². The molecule has 0 spiro atoms. The quantitative estimate of drug-likeness (QED) is 0.603. The van der Waals surface area contributed by atoms with Gasteiger partial charge in [-0.1, -0.05) is 6.07 Å². The first-order valence-corrected chi connectivity index (χ1v) is 8.55. The summed E-state index contributed by atoms with van der Waals surface area (Å²) >= 11 is 0. The molecule has 1 N–H and O–H groups in total. The van der Waals surface area contributed by atoms with Crippen LogP contribution in [0.4, 0.5) is 14.7 Å². The summed E-state index contributed by atoms with van der Waals surface area (Å²) in [4.78, 5) is 18.3. The van der Waals surface area contributed by atoms with Crippen LogP contribution in [-0.4, -0.2) is 36.1 Å². The maximum Gasteiger partial charge on any atom is 0.280 e. The molecule has 0 aromatic carbocycles. The number of nitrogens with zero attached hydrogens (tertiary/aromatic N) is 6. The van der Waals surface area contributed by atoms with Crippen LogP contribution in [0.15, 0.2) is 49.1 Å². The normalized spacial score (nSPS) is 16.9. The number of fused-ring (bicyclic) bond motifs is 2. The van der Waals surface area contributed by atoms with Crippen LogP contribution in [0, 0.1) is 0 Å². The van der Waals surface area contributed by atoms with Gasteiger partial charge in [0.05, 0.1) is 23.2 Å². The molecule has 0 saturated carbocycles. The van der Waals surface area contributed by atoms with Crippen LogP contribution in [0.5, 0.6) is 0 Å². The lowest BCUT2D eigenvalue weighted by atomic mass is 10.0. The molecule has 1 aliphatic heterocycles. The van der Waals surface area contributed by atoms with Crippen LogP contribution in [0.2, 0.25) is 0 Å². The van der Waals surface area contributed by atoms with E-state index in [1.807, 2.05) is 11.0 Å². The number of anilines is 1. The molecule has 4 aromatic heterocycles. The molecule has 0 fully saturated rings. The number of aromatic nitrogens is 6. The third-order valence-corrected chi connectivity index (χ3v) is 4.77. The molecule has 0 radical (unpaired) electrons. The number of nitrogens with one attached hydrogen (secondary N) is 1. The van der Waals surface area contributed by atoms with Gasteiger partial charge in [0, 0.05) is 31.1 Å². The minimum Gasteiger partial charge on any atom is -0.348 e. The Labute approximate surface area is 152 Å². The van der Waals surface area contributed by atoms with Gasteiger partial charge in [0.25, 0.3) is 6.43 Å². The summed E-state index contributed by atoms with van der Waals surface area (Å²) in [5.41, 5.74) is 2.93. The van der Waals surface area contributed by atoms with Crippen molar-refractivity contribution in [3.63, 3.8) is 0 Å². The van der Waals surface area contributed by atoms with E-state index in [2.05, 4.69) is 25.0 Å². The van der Waals surface area contributed by atoms with Crippen molar-refractivity contribution < 1.29 is 8.78 Å². The van der Waals surface area contributed by atoms with E-state index in [0.29, 0.717) is 23.7 Å². The molecule has 1 atom stereocenters. The van der Waals surface area contributed by atoms with Gasteiger partial charge in [0.2, 0.25) is 5.95 Å². The van der Waals surface area contributed by atoms with Gasteiger partial charge in [-0.15, -0.1) is 0 Å². The van der Waals surface area contributed by atoms with Crippen molar-refractivity contribution >= 4 is 11.5 Å². The summed E-state index contributed by atoms with van der Waals surface area (Å²) in [5.74, 6) is 0.558. The van der Waals surface area contributed by atoms with Crippen LogP contribution in [0.25, 0.3) is 5.52 Å². The highest BCUT2D eigenvalue weighted by Gasteiger charge is 2.34. The number of H-pyrrole nitrogens is 1. The monoisotopic (exact) mass is 367 g/mol. The first kappa shape index (κ1) is 15.9. The van der Waals surface area contributed by atoms with E-state index < -0.39 is 6.43 Å². The highest BCUT2D eigenvalue weighted by atomic mass is 19.3. The first-order valence-electron chi connectivity index (χ1n) is 8.55. The summed E-state index contributed by atoms with van der Waals surface area (Å²) in [5, 5.41) is 4.50. The van der Waals surface area contributed by atoms with E-state index in [9.17, 15) is 8.78 Å². The van der Waals surface area contributed by atoms with Gasteiger partial charge in [-0.3, -0.25) is 0 Å². The van der Waals surface area contributed by atoms with Gasteiger partial charge < -0.3 is 9.88 Å². The SMILES string of the molecule is FC(F)c1cccc2cc(C3c4nc[nH]c4CCN3c3ncccn3)nn12. The Bertz CT molecular complexity index is 1090. The predicted molar refractivity (Wildman–Crippen MR) is 93.7 cm³/mol. The summed E-state index contributed by atoms with van der Waals surface area (Å²) in [7, 11) is 0. The molecular weight excluding hydrogens is 352 g/mol. The standard InChI is InChI=1S/C18H15F2N7/c19-17(20)14-4-1-3-11-9-13(25-27(11)14)16-15-12(23-10-24-15)5-8-26(16)18-21-6-2-7-22-18/h1-4,6-7,9-10,16-17H,5,8H2,(H,23,24). The molecule has 4 aromatic rings. The zero-order valence-electron chi connectivity index (χ0n) is 14.1. The van der Waals surface area contributed by atoms with E-state index in [4.69, 9.17) is 0 Å². The number of halogens is 2. The zero-order valence-corrected chi connectivity index (χ0v) is 14.1. The lowest BCUT2D eigenvalue weighted by molar-refractivity contribution is 0.143. The Hall–Kier alpha value is -3.36. The molecule has 5 heterocycles. The minimum absolute atomic E-state index is 0.140. The van der Waals surface area contributed by atoms with Gasteiger partial charge in [-0.05, 0) is 24.3 Å². The summed E-state index contributed by atoms with van der Waals surface area (Å²) in [6.07, 6.45) is 3.16. The Morgan fingerprint density at radius 2 is 1.96 bits per heavy atom. The summed E-state index contributed by atoms with van der Waals surface area (Å²) < 4.78 is 28.0. The van der Waals surface area contributed by atoms with Gasteiger partial charge in [0.1, 0.15) is 11.7 Å². The van der Waals surface area contributed by atoms with Crippen LogP contribution in [0.3, 0.4) is 0 Å². The van der Waals surface area contributed by atoms with Crippen molar-refractivity contribution in [2.75, 3.05) is 11.4 Å². The van der Waals surface area contributed by atoms with E-state index in [1.54, 1.807) is 36.9 Å². The second-order valence-electron chi connectivity index (χ2n) is 6.32. The lowest BCUT2D eigenvalue weighted by Gasteiger charge is -2.33. The third kappa shape index (κ3) is 2.54. The lowest BCUT2D eigenvalue weighted by Crippen LogP contribution is -2.37. The van der Waals surface area contributed by atoms with Crippen molar-refractivity contribution in [3.8, 4) is 0 Å². The van der Waals surface area contributed by atoms with Crippen LogP contribution in [-0.2, 0) is 6.42 Å². The molecule has 27 heavy (non-hydrogen) atoms. The van der Waals surface area contributed by atoms with Gasteiger partial charge >= 0.3 is 0 Å². The molecule has 1 aliphatic rings. The molecule has 0 aliphatic carbocycles. The highest BCUT2D eigenvalue weighted by molar-refractivity contribution is 5.53. The number of hydrogen-bond acceptors (Lipinski definition) is 5. The second-order valence-corrected chi connectivity index (χ2v) is 6.32. The van der Waals surface area contributed by atoms with Crippen LogP contribution >= 0.6 is 0 Å². The fraction of sp³-hybridized carbons (Fsp3) is 0.222. The maximum atomic E-state index is 13.4. The fourth-order valence-corrected chi connectivity index (χ4v) is 3.59.